The summed E-state index contributed by atoms with van der Waals surface area (Å²) in [5, 5.41) is 13.6. The highest BCUT2D eigenvalue weighted by atomic mass is 19.4. The first-order valence-electron chi connectivity index (χ1n) is 13.4. The highest BCUT2D eigenvalue weighted by Crippen LogP contribution is 2.40. The molecule has 38 heavy (non-hydrogen) atoms. The van der Waals surface area contributed by atoms with Crippen LogP contribution in [0.25, 0.3) is 0 Å². The van der Waals surface area contributed by atoms with E-state index in [9.17, 15) is 18.0 Å². The van der Waals surface area contributed by atoms with E-state index < -0.39 is 11.7 Å². The maximum Gasteiger partial charge on any atom is 0.419 e. The number of likely N-dealkylation sites (tertiary alicyclic amines) is 1. The molecule has 208 valence electrons. The third kappa shape index (κ3) is 5.75. The number of rotatable bonds is 9. The summed E-state index contributed by atoms with van der Waals surface area (Å²) in [5.41, 5.74) is 0.650. The normalized spacial score (nSPS) is 24.3. The topological polar surface area (TPSA) is 90.3 Å². The molecule has 2 bridgehead atoms. The molecule has 3 fully saturated rings. The molecule has 0 aromatic carbocycles. The number of carbonyl (C=O) groups excluding carboxylic acids is 1. The van der Waals surface area contributed by atoms with Gasteiger partial charge in [-0.25, -0.2) is 4.98 Å². The highest BCUT2D eigenvalue weighted by molar-refractivity contribution is 5.80. The molecule has 2 aromatic rings. The molecular formula is C26H37F3N8O. The number of piperidine rings is 1. The van der Waals surface area contributed by atoms with E-state index in [4.69, 9.17) is 5.10 Å². The molecule has 3 N–H and O–H groups in total. The lowest BCUT2D eigenvalue weighted by molar-refractivity contribution is -0.137. The Hall–Kier alpha value is -2.86. The SMILES string of the molecule is Cc1nn(C2CC3CCC(C2)N3C)cc1Nc1cc(NCCCNC(=O)C2CN(C)C2)c(C(F)(F)F)cn1. The molecule has 2 aromatic heterocycles. The summed E-state index contributed by atoms with van der Waals surface area (Å²) in [6.45, 7) is 4.06. The predicted octanol–water partition coefficient (Wildman–Crippen LogP) is 3.63. The van der Waals surface area contributed by atoms with Gasteiger partial charge < -0.3 is 25.8 Å². The minimum absolute atomic E-state index is 0.000945. The quantitative estimate of drug-likeness (QED) is 0.424. The molecule has 2 unspecified atom stereocenters. The van der Waals surface area contributed by atoms with Gasteiger partial charge in [0.1, 0.15) is 5.82 Å². The Labute approximate surface area is 221 Å². The van der Waals surface area contributed by atoms with Crippen molar-refractivity contribution in [3.8, 4) is 0 Å². The Kier molecular flexibility index (Phi) is 7.54. The van der Waals surface area contributed by atoms with Crippen LogP contribution in [0.1, 0.15) is 49.4 Å². The monoisotopic (exact) mass is 534 g/mol. The fraction of sp³-hybridized carbons (Fsp3) is 0.654. The summed E-state index contributed by atoms with van der Waals surface area (Å²) in [7, 11) is 4.15. The number of pyridine rings is 1. The van der Waals surface area contributed by atoms with Crippen LogP contribution in [0.3, 0.4) is 0 Å². The van der Waals surface area contributed by atoms with Gasteiger partial charge in [-0.1, -0.05) is 0 Å². The van der Waals surface area contributed by atoms with Gasteiger partial charge in [0.15, 0.2) is 0 Å². The fourth-order valence-corrected chi connectivity index (χ4v) is 5.96. The zero-order valence-corrected chi connectivity index (χ0v) is 22.2. The highest BCUT2D eigenvalue weighted by Gasteiger charge is 2.39. The Morgan fingerprint density at radius 2 is 1.79 bits per heavy atom. The van der Waals surface area contributed by atoms with Crippen molar-refractivity contribution in [3.05, 3.63) is 29.7 Å². The number of aryl methyl sites for hydroxylation is 1. The van der Waals surface area contributed by atoms with Gasteiger partial charge in [0, 0.05) is 56.7 Å². The molecule has 3 aliphatic rings. The van der Waals surface area contributed by atoms with E-state index in [1.807, 2.05) is 24.9 Å². The number of anilines is 3. The number of hydrogen-bond acceptors (Lipinski definition) is 7. The van der Waals surface area contributed by atoms with Gasteiger partial charge in [0.2, 0.25) is 5.91 Å². The lowest BCUT2D eigenvalue weighted by Crippen LogP contribution is -2.51. The summed E-state index contributed by atoms with van der Waals surface area (Å²) in [6, 6.07) is 2.87. The minimum atomic E-state index is -4.54. The molecule has 0 aliphatic carbocycles. The van der Waals surface area contributed by atoms with Gasteiger partial charge in [-0.3, -0.25) is 9.48 Å². The standard InChI is InChI=1S/C26H37F3N8O/c1-16-23(15-37(34-16)20-9-18-5-6-19(10-20)36(18)3)33-24-11-22(21(12-32-24)26(27,28)29)30-7-4-8-31-25(38)17-13-35(2)14-17/h11-12,15,17-20H,4-10,13-14H2,1-3H3,(H,31,38)(H2,30,32,33). The first-order chi connectivity index (χ1) is 18.1. The van der Waals surface area contributed by atoms with Crippen molar-refractivity contribution in [1.29, 1.82) is 0 Å². The second-order valence-electron chi connectivity index (χ2n) is 11.0. The van der Waals surface area contributed by atoms with Gasteiger partial charge in [0.25, 0.3) is 0 Å². The number of amides is 1. The number of nitrogens with one attached hydrogen (secondary N) is 3. The molecule has 5 rings (SSSR count). The number of nitrogens with zero attached hydrogens (tertiary/aromatic N) is 5. The third-order valence-corrected chi connectivity index (χ3v) is 8.24. The van der Waals surface area contributed by atoms with E-state index in [0.717, 1.165) is 43.5 Å². The zero-order chi connectivity index (χ0) is 27.0. The molecule has 5 heterocycles. The van der Waals surface area contributed by atoms with Crippen LogP contribution in [0.15, 0.2) is 18.5 Å². The van der Waals surface area contributed by atoms with Crippen molar-refractivity contribution in [2.24, 2.45) is 5.92 Å². The average molecular weight is 535 g/mol. The van der Waals surface area contributed by atoms with Crippen molar-refractivity contribution < 1.29 is 18.0 Å². The molecule has 0 saturated carbocycles. The van der Waals surface area contributed by atoms with Crippen molar-refractivity contribution >= 4 is 23.1 Å². The Morgan fingerprint density at radius 3 is 2.45 bits per heavy atom. The first kappa shape index (κ1) is 26.7. The second-order valence-corrected chi connectivity index (χ2v) is 11.0. The molecule has 1 amide bonds. The second kappa shape index (κ2) is 10.7. The van der Waals surface area contributed by atoms with E-state index in [1.165, 1.54) is 18.9 Å². The van der Waals surface area contributed by atoms with Gasteiger partial charge >= 0.3 is 6.18 Å². The summed E-state index contributed by atoms with van der Waals surface area (Å²) in [4.78, 5) is 20.6. The lowest BCUT2D eigenvalue weighted by atomic mass is 9.98. The van der Waals surface area contributed by atoms with Crippen molar-refractivity contribution in [2.75, 3.05) is 50.9 Å². The van der Waals surface area contributed by atoms with E-state index in [1.54, 1.807) is 0 Å². The van der Waals surface area contributed by atoms with Crippen molar-refractivity contribution in [3.63, 3.8) is 0 Å². The van der Waals surface area contributed by atoms with Gasteiger partial charge in [0.05, 0.1) is 34.6 Å². The number of fused-ring (bicyclic) bond motifs is 2. The van der Waals surface area contributed by atoms with Crippen LogP contribution in [-0.4, -0.2) is 82.8 Å². The lowest BCUT2D eigenvalue weighted by Gasteiger charge is -2.36. The molecule has 3 saturated heterocycles. The Morgan fingerprint density at radius 1 is 1.08 bits per heavy atom. The van der Waals surface area contributed by atoms with Crippen LogP contribution in [0.2, 0.25) is 0 Å². The van der Waals surface area contributed by atoms with Crippen LogP contribution in [-0.2, 0) is 11.0 Å². The van der Waals surface area contributed by atoms with E-state index in [0.29, 0.717) is 36.9 Å². The minimum Gasteiger partial charge on any atom is -0.384 e. The molecule has 0 radical (unpaired) electrons. The van der Waals surface area contributed by atoms with E-state index in [-0.39, 0.29) is 24.1 Å². The van der Waals surface area contributed by atoms with Crippen LogP contribution in [0, 0.1) is 12.8 Å². The third-order valence-electron chi connectivity index (χ3n) is 8.24. The van der Waals surface area contributed by atoms with E-state index in [2.05, 4.69) is 37.8 Å². The molecule has 2 atom stereocenters. The van der Waals surface area contributed by atoms with Gasteiger partial charge in [-0.2, -0.15) is 18.3 Å². The molecule has 9 nitrogen and oxygen atoms in total. The number of halogens is 3. The van der Waals surface area contributed by atoms with Crippen LogP contribution >= 0.6 is 0 Å². The van der Waals surface area contributed by atoms with Crippen LogP contribution in [0.4, 0.5) is 30.4 Å². The zero-order valence-electron chi connectivity index (χ0n) is 22.2. The maximum atomic E-state index is 13.6. The van der Waals surface area contributed by atoms with Gasteiger partial charge in [-0.15, -0.1) is 0 Å². The molecule has 3 aliphatic heterocycles. The molecular weight excluding hydrogens is 497 g/mol. The number of carbonyl (C=O) groups is 1. The summed E-state index contributed by atoms with van der Waals surface area (Å²) < 4.78 is 42.9. The summed E-state index contributed by atoms with van der Waals surface area (Å²) in [6.07, 6.45) is 3.32. The van der Waals surface area contributed by atoms with Crippen molar-refractivity contribution in [1.82, 2.24) is 29.9 Å². The van der Waals surface area contributed by atoms with Crippen molar-refractivity contribution in [2.45, 2.75) is 63.3 Å². The number of hydrogen-bond donors (Lipinski definition) is 3. The summed E-state index contributed by atoms with van der Waals surface area (Å²) >= 11 is 0. The molecule has 0 spiro atoms. The average Bonchev–Trinajstić information content (AvgIpc) is 3.27. The number of aromatic nitrogens is 3. The maximum absolute atomic E-state index is 13.6. The molecule has 12 heteroatoms. The van der Waals surface area contributed by atoms with E-state index >= 15 is 0 Å². The first-order valence-corrected chi connectivity index (χ1v) is 13.4. The Balaban J connectivity index is 1.20. The van der Waals surface area contributed by atoms with Crippen LogP contribution in [0.5, 0.6) is 0 Å². The smallest absolute Gasteiger partial charge is 0.384 e. The predicted molar refractivity (Wildman–Crippen MR) is 139 cm³/mol. The fourth-order valence-electron chi connectivity index (χ4n) is 5.96. The summed E-state index contributed by atoms with van der Waals surface area (Å²) in [5.74, 6) is 0.313. The largest absolute Gasteiger partial charge is 0.419 e. The number of alkyl halides is 3. The Bertz CT molecular complexity index is 1130. The van der Waals surface area contributed by atoms with Crippen LogP contribution < -0.4 is 16.0 Å². The van der Waals surface area contributed by atoms with Gasteiger partial charge in [-0.05, 0) is 53.1 Å².